The zero-order chi connectivity index (χ0) is 20.5. The van der Waals surface area contributed by atoms with E-state index in [9.17, 15) is 0 Å². The highest BCUT2D eigenvalue weighted by atomic mass is 32.2. The maximum atomic E-state index is 6.22. The smallest absolute Gasteiger partial charge is 0.160 e. The first-order valence-corrected chi connectivity index (χ1v) is 12.2. The summed E-state index contributed by atoms with van der Waals surface area (Å²) in [6.45, 7) is 7.29. The summed E-state index contributed by atoms with van der Waals surface area (Å²) in [5, 5.41) is 1.16. The van der Waals surface area contributed by atoms with Crippen LogP contribution in [0, 0.1) is 0 Å². The van der Waals surface area contributed by atoms with Gasteiger partial charge in [0.05, 0.1) is 18.3 Å². The number of amidine groups is 1. The van der Waals surface area contributed by atoms with Crippen molar-refractivity contribution in [1.29, 1.82) is 0 Å². The molecule has 5 nitrogen and oxygen atoms in total. The van der Waals surface area contributed by atoms with Gasteiger partial charge in [-0.2, -0.15) is 0 Å². The number of anilines is 1. The molecule has 0 spiro atoms. The molecule has 0 aliphatic carbocycles. The normalized spacial score (nSPS) is 25.5. The molecule has 2 aromatic rings. The number of thioether (sulfide) groups is 1. The predicted octanol–water partition coefficient (Wildman–Crippen LogP) is 5.06. The van der Waals surface area contributed by atoms with Crippen molar-refractivity contribution in [2.75, 3.05) is 30.3 Å². The molecule has 0 N–H and O–H groups in total. The molecule has 1 aromatic carbocycles. The van der Waals surface area contributed by atoms with E-state index in [2.05, 4.69) is 59.0 Å². The molecule has 3 aliphatic heterocycles. The van der Waals surface area contributed by atoms with Gasteiger partial charge in [-0.1, -0.05) is 30.8 Å². The Hall–Kier alpha value is -2.21. The quantitative estimate of drug-likeness (QED) is 0.651. The molecule has 3 unspecified atom stereocenters. The molecule has 0 amide bonds. The van der Waals surface area contributed by atoms with Gasteiger partial charge >= 0.3 is 0 Å². The summed E-state index contributed by atoms with van der Waals surface area (Å²) >= 11 is 1.88. The van der Waals surface area contributed by atoms with Crippen molar-refractivity contribution >= 4 is 22.6 Å². The van der Waals surface area contributed by atoms with Gasteiger partial charge in [0.15, 0.2) is 5.17 Å². The van der Waals surface area contributed by atoms with Crippen molar-refractivity contribution in [1.82, 2.24) is 9.88 Å². The first kappa shape index (κ1) is 19.7. The molecule has 6 heteroatoms. The zero-order valence-electron chi connectivity index (χ0n) is 17.8. The molecule has 0 saturated carbocycles. The Bertz CT molecular complexity index is 913. The standard InChI is InChI=1S/C24H30N4OS/c1-3-17-16-30-24-26-22(20-9-5-6-12-25-20)23(28(17)24)19-11-10-18(15-21(19)29-4-2)27-13-7-8-14-27/h5-6,9-12,15,17,22-23H,3-4,7-8,13-14,16H2,1-2H3. The molecule has 5 rings (SSSR count). The van der Waals surface area contributed by atoms with Gasteiger partial charge in [0, 0.05) is 48.4 Å². The van der Waals surface area contributed by atoms with E-state index in [0.717, 1.165) is 41.9 Å². The summed E-state index contributed by atoms with van der Waals surface area (Å²) in [6, 6.07) is 13.6. The van der Waals surface area contributed by atoms with E-state index in [1.165, 1.54) is 24.1 Å². The first-order valence-electron chi connectivity index (χ1n) is 11.2. The van der Waals surface area contributed by atoms with Crippen LogP contribution in [0.15, 0.2) is 47.6 Å². The third-order valence-corrected chi connectivity index (χ3v) is 7.54. The lowest BCUT2D eigenvalue weighted by molar-refractivity contribution is 0.245. The maximum Gasteiger partial charge on any atom is 0.160 e. The first-order chi connectivity index (χ1) is 14.8. The molecule has 2 fully saturated rings. The summed E-state index contributed by atoms with van der Waals surface area (Å²) < 4.78 is 6.22. The minimum absolute atomic E-state index is 0.0000993. The van der Waals surface area contributed by atoms with Crippen molar-refractivity contribution < 1.29 is 4.74 Å². The second-order valence-corrected chi connectivity index (χ2v) is 9.17. The summed E-state index contributed by atoms with van der Waals surface area (Å²) in [5.74, 6) is 2.10. The largest absolute Gasteiger partial charge is 0.493 e. The molecule has 2 saturated heterocycles. The molecular formula is C24H30N4OS. The second-order valence-electron chi connectivity index (χ2n) is 8.19. The van der Waals surface area contributed by atoms with E-state index >= 15 is 0 Å². The fourth-order valence-electron chi connectivity index (χ4n) is 4.91. The topological polar surface area (TPSA) is 41.0 Å². The Morgan fingerprint density at radius 1 is 1.13 bits per heavy atom. The average molecular weight is 423 g/mol. The Balaban J connectivity index is 1.58. The van der Waals surface area contributed by atoms with Gasteiger partial charge in [-0.25, -0.2) is 0 Å². The number of aliphatic imine (C=N–C) groups is 1. The van der Waals surface area contributed by atoms with Crippen LogP contribution in [-0.2, 0) is 0 Å². The lowest BCUT2D eigenvalue weighted by atomic mass is 9.94. The molecule has 1 aromatic heterocycles. The third-order valence-electron chi connectivity index (χ3n) is 6.42. The molecule has 3 aliphatic rings. The molecule has 158 valence electrons. The van der Waals surface area contributed by atoms with Crippen molar-refractivity contribution in [2.24, 2.45) is 4.99 Å². The van der Waals surface area contributed by atoms with E-state index < -0.39 is 0 Å². The third kappa shape index (κ3) is 3.45. The number of fused-ring (bicyclic) bond motifs is 1. The summed E-state index contributed by atoms with van der Waals surface area (Å²) in [5.41, 5.74) is 3.54. The Morgan fingerprint density at radius 2 is 2.00 bits per heavy atom. The highest BCUT2D eigenvalue weighted by Crippen LogP contribution is 2.51. The predicted molar refractivity (Wildman–Crippen MR) is 125 cm³/mol. The number of benzene rings is 1. The van der Waals surface area contributed by atoms with Crippen molar-refractivity contribution in [2.45, 2.75) is 51.2 Å². The lowest BCUT2D eigenvalue weighted by Crippen LogP contribution is -2.35. The molecule has 30 heavy (non-hydrogen) atoms. The van der Waals surface area contributed by atoms with Gasteiger partial charge in [0.25, 0.3) is 0 Å². The Morgan fingerprint density at radius 3 is 2.73 bits per heavy atom. The molecule has 3 atom stereocenters. The van der Waals surface area contributed by atoms with Crippen LogP contribution in [0.4, 0.5) is 5.69 Å². The van der Waals surface area contributed by atoms with E-state index in [-0.39, 0.29) is 12.1 Å². The van der Waals surface area contributed by atoms with Gasteiger partial charge < -0.3 is 14.5 Å². The van der Waals surface area contributed by atoms with Crippen molar-refractivity contribution in [3.05, 3.63) is 53.9 Å². The summed E-state index contributed by atoms with van der Waals surface area (Å²) in [6.07, 6.45) is 5.54. The fraction of sp³-hybridized carbons (Fsp3) is 0.500. The van der Waals surface area contributed by atoms with Gasteiger partial charge in [-0.3, -0.25) is 9.98 Å². The van der Waals surface area contributed by atoms with Crippen LogP contribution >= 0.6 is 11.8 Å². The van der Waals surface area contributed by atoms with Crippen LogP contribution < -0.4 is 9.64 Å². The van der Waals surface area contributed by atoms with E-state index in [1.807, 2.05) is 24.0 Å². The van der Waals surface area contributed by atoms with E-state index in [1.54, 1.807) is 0 Å². The van der Waals surface area contributed by atoms with Crippen LogP contribution in [0.1, 0.15) is 56.5 Å². The number of aromatic nitrogens is 1. The number of nitrogens with zero attached hydrogens (tertiary/aromatic N) is 4. The van der Waals surface area contributed by atoms with E-state index in [0.29, 0.717) is 12.6 Å². The Labute approximate surface area is 183 Å². The summed E-state index contributed by atoms with van der Waals surface area (Å²) in [7, 11) is 0. The van der Waals surface area contributed by atoms with Gasteiger partial charge in [-0.05, 0) is 44.4 Å². The molecule has 0 bridgehead atoms. The molecular weight excluding hydrogens is 392 g/mol. The highest BCUT2D eigenvalue weighted by Gasteiger charge is 2.46. The average Bonchev–Trinajstić information content (AvgIpc) is 3.52. The monoisotopic (exact) mass is 422 g/mol. The maximum absolute atomic E-state index is 6.22. The van der Waals surface area contributed by atoms with E-state index in [4.69, 9.17) is 9.73 Å². The van der Waals surface area contributed by atoms with Crippen molar-refractivity contribution in [3.63, 3.8) is 0 Å². The number of pyridine rings is 1. The van der Waals surface area contributed by atoms with Gasteiger partial charge in [0.1, 0.15) is 11.8 Å². The number of rotatable bonds is 6. The fourth-order valence-corrected chi connectivity index (χ4v) is 6.24. The SMILES string of the molecule is CCOc1cc(N2CCCC2)ccc1C1C(c2ccccn2)N=C2SCC(CC)N21. The summed E-state index contributed by atoms with van der Waals surface area (Å²) in [4.78, 5) is 14.8. The molecule has 0 radical (unpaired) electrons. The molecule has 4 heterocycles. The van der Waals surface area contributed by atoms with Gasteiger partial charge in [0.2, 0.25) is 0 Å². The zero-order valence-corrected chi connectivity index (χ0v) is 18.6. The van der Waals surface area contributed by atoms with Crippen LogP contribution in [0.3, 0.4) is 0 Å². The van der Waals surface area contributed by atoms with Crippen LogP contribution in [0.5, 0.6) is 5.75 Å². The minimum Gasteiger partial charge on any atom is -0.493 e. The van der Waals surface area contributed by atoms with Crippen LogP contribution in [0.2, 0.25) is 0 Å². The van der Waals surface area contributed by atoms with Crippen molar-refractivity contribution in [3.8, 4) is 5.75 Å². The number of hydrogen-bond acceptors (Lipinski definition) is 6. The number of ether oxygens (including phenoxy) is 1. The lowest BCUT2D eigenvalue weighted by Gasteiger charge is -2.33. The van der Waals surface area contributed by atoms with Crippen LogP contribution in [0.25, 0.3) is 0 Å². The second kappa shape index (κ2) is 8.50. The number of hydrogen-bond donors (Lipinski definition) is 0. The van der Waals surface area contributed by atoms with Gasteiger partial charge in [-0.15, -0.1) is 0 Å². The highest BCUT2D eigenvalue weighted by molar-refractivity contribution is 8.14. The minimum atomic E-state index is -0.0000993. The van der Waals surface area contributed by atoms with Crippen LogP contribution in [-0.4, -0.2) is 46.5 Å². The Kier molecular flexibility index (Phi) is 5.59.